The molecule has 0 unspecified atom stereocenters. The lowest BCUT2D eigenvalue weighted by molar-refractivity contribution is -0.119. The van der Waals surface area contributed by atoms with Gasteiger partial charge in [-0.25, -0.2) is 4.39 Å². The molecule has 0 spiro atoms. The van der Waals surface area contributed by atoms with E-state index in [1.807, 2.05) is 13.0 Å². The largest absolute Gasteiger partial charge is 0.369 e. The summed E-state index contributed by atoms with van der Waals surface area (Å²) in [6, 6.07) is 6.16. The van der Waals surface area contributed by atoms with Gasteiger partial charge in [-0.3, -0.25) is 9.69 Å². The van der Waals surface area contributed by atoms with Crippen LogP contribution in [0.2, 0.25) is 0 Å². The average Bonchev–Trinajstić information content (AvgIpc) is 2.29. The van der Waals surface area contributed by atoms with Gasteiger partial charge in [-0.05, 0) is 18.7 Å². The summed E-state index contributed by atoms with van der Waals surface area (Å²) in [5.74, 6) is -0.882. The van der Waals surface area contributed by atoms with Gasteiger partial charge in [-0.2, -0.15) is 5.26 Å². The molecule has 1 aromatic carbocycles. The maximum Gasteiger partial charge on any atom is 0.231 e. The number of nitrogens with two attached hydrogens (primary N) is 1. The normalized spacial score (nSPS) is 10.2. The second-order valence-electron chi connectivity index (χ2n) is 3.69. The number of carbonyl (C=O) groups excluding carboxylic acids is 1. The molecule has 4 nitrogen and oxygen atoms in total. The fourth-order valence-corrected chi connectivity index (χ4v) is 1.49. The second kappa shape index (κ2) is 5.97. The molecule has 0 aliphatic carbocycles. The van der Waals surface area contributed by atoms with Gasteiger partial charge >= 0.3 is 0 Å². The predicted molar refractivity (Wildman–Crippen MR) is 61.3 cm³/mol. The van der Waals surface area contributed by atoms with Gasteiger partial charge in [-0.1, -0.05) is 13.0 Å². The van der Waals surface area contributed by atoms with Crippen molar-refractivity contribution in [1.82, 2.24) is 4.90 Å². The van der Waals surface area contributed by atoms with Gasteiger partial charge in [0.25, 0.3) is 0 Å². The van der Waals surface area contributed by atoms with Crippen LogP contribution < -0.4 is 5.73 Å². The third-order valence-corrected chi connectivity index (χ3v) is 2.40. The number of primary amides is 1. The summed E-state index contributed by atoms with van der Waals surface area (Å²) >= 11 is 0. The number of amides is 1. The summed E-state index contributed by atoms with van der Waals surface area (Å²) in [5.41, 5.74) is 5.82. The van der Waals surface area contributed by atoms with Gasteiger partial charge < -0.3 is 5.73 Å². The number of halogens is 1. The minimum absolute atomic E-state index is 0.0932. The monoisotopic (exact) mass is 235 g/mol. The highest BCUT2D eigenvalue weighted by Gasteiger charge is 2.10. The summed E-state index contributed by atoms with van der Waals surface area (Å²) in [6.45, 7) is 2.86. The van der Waals surface area contributed by atoms with E-state index < -0.39 is 11.7 Å². The van der Waals surface area contributed by atoms with E-state index in [4.69, 9.17) is 11.0 Å². The van der Waals surface area contributed by atoms with Gasteiger partial charge in [0.2, 0.25) is 5.91 Å². The van der Waals surface area contributed by atoms with Crippen molar-refractivity contribution in [1.29, 1.82) is 5.26 Å². The van der Waals surface area contributed by atoms with Crippen molar-refractivity contribution < 1.29 is 9.18 Å². The zero-order chi connectivity index (χ0) is 12.8. The number of likely N-dealkylation sites (N-methyl/N-ethyl adjacent to an activating group) is 1. The summed E-state index contributed by atoms with van der Waals surface area (Å²) in [4.78, 5) is 12.5. The van der Waals surface area contributed by atoms with E-state index in [1.165, 1.54) is 6.07 Å². The van der Waals surface area contributed by atoms with Crippen LogP contribution >= 0.6 is 0 Å². The Morgan fingerprint density at radius 3 is 2.76 bits per heavy atom. The number of benzene rings is 1. The first-order valence-electron chi connectivity index (χ1n) is 5.26. The molecule has 0 aliphatic heterocycles. The van der Waals surface area contributed by atoms with Gasteiger partial charge in [0, 0.05) is 12.1 Å². The fourth-order valence-electron chi connectivity index (χ4n) is 1.49. The molecule has 1 rings (SSSR count). The Balaban J connectivity index is 2.80. The molecule has 0 atom stereocenters. The van der Waals surface area contributed by atoms with Crippen LogP contribution in [-0.2, 0) is 11.3 Å². The van der Waals surface area contributed by atoms with Crippen molar-refractivity contribution in [3.63, 3.8) is 0 Å². The lowest BCUT2D eigenvalue weighted by Crippen LogP contribution is -2.33. The minimum atomic E-state index is -0.444. The number of nitriles is 1. The van der Waals surface area contributed by atoms with Crippen LogP contribution in [0.1, 0.15) is 18.1 Å². The van der Waals surface area contributed by atoms with E-state index in [-0.39, 0.29) is 12.1 Å². The van der Waals surface area contributed by atoms with Crippen LogP contribution in [0.15, 0.2) is 18.2 Å². The standard InChI is InChI=1S/C12H14FN3O/c1-2-16(8-12(15)17)7-10-4-3-9(6-14)5-11(10)13/h3-5H,2,7-8H2,1H3,(H2,15,17). The molecule has 17 heavy (non-hydrogen) atoms. The van der Waals surface area contributed by atoms with E-state index in [0.717, 1.165) is 0 Å². The molecule has 0 fully saturated rings. The second-order valence-corrected chi connectivity index (χ2v) is 3.69. The van der Waals surface area contributed by atoms with E-state index in [1.54, 1.807) is 17.0 Å². The Morgan fingerprint density at radius 1 is 1.59 bits per heavy atom. The summed E-state index contributed by atoms with van der Waals surface area (Å²) in [7, 11) is 0. The number of rotatable bonds is 5. The summed E-state index contributed by atoms with van der Waals surface area (Å²) in [6.07, 6.45) is 0. The first-order chi connectivity index (χ1) is 8.06. The van der Waals surface area contributed by atoms with Crippen molar-refractivity contribution in [2.75, 3.05) is 13.1 Å². The molecule has 0 radical (unpaired) electrons. The molecule has 0 aromatic heterocycles. The number of hydrogen-bond donors (Lipinski definition) is 1. The summed E-state index contributed by atoms with van der Waals surface area (Å²) < 4.78 is 13.6. The van der Waals surface area contributed by atoms with Crippen molar-refractivity contribution >= 4 is 5.91 Å². The van der Waals surface area contributed by atoms with Crippen LogP contribution in [0.25, 0.3) is 0 Å². The Morgan fingerprint density at radius 2 is 2.29 bits per heavy atom. The SMILES string of the molecule is CCN(CC(N)=O)Cc1ccc(C#N)cc1F. The molecule has 0 saturated heterocycles. The topological polar surface area (TPSA) is 70.1 Å². The molecule has 2 N–H and O–H groups in total. The van der Waals surface area contributed by atoms with Crippen molar-refractivity contribution in [2.24, 2.45) is 5.73 Å². The van der Waals surface area contributed by atoms with Gasteiger partial charge in [0.1, 0.15) is 5.82 Å². The molecule has 5 heteroatoms. The molecule has 0 heterocycles. The maximum absolute atomic E-state index is 13.6. The molecule has 0 bridgehead atoms. The molecule has 0 aliphatic rings. The zero-order valence-electron chi connectivity index (χ0n) is 9.61. The predicted octanol–water partition coefficient (Wildman–Crippen LogP) is 1.00. The number of hydrogen-bond acceptors (Lipinski definition) is 3. The van der Waals surface area contributed by atoms with Crippen molar-refractivity contribution in [3.05, 3.63) is 35.1 Å². The average molecular weight is 235 g/mol. The smallest absolute Gasteiger partial charge is 0.231 e. The number of carbonyl (C=O) groups is 1. The highest BCUT2D eigenvalue weighted by molar-refractivity contribution is 5.75. The highest BCUT2D eigenvalue weighted by atomic mass is 19.1. The Kier molecular flexibility index (Phi) is 4.61. The van der Waals surface area contributed by atoms with E-state index in [9.17, 15) is 9.18 Å². The summed E-state index contributed by atoms with van der Waals surface area (Å²) in [5, 5.41) is 8.61. The van der Waals surface area contributed by atoms with Crippen LogP contribution in [0.3, 0.4) is 0 Å². The molecule has 0 saturated carbocycles. The first kappa shape index (κ1) is 13.1. The molecule has 1 aromatic rings. The first-order valence-corrected chi connectivity index (χ1v) is 5.26. The van der Waals surface area contributed by atoms with Crippen LogP contribution in [0.4, 0.5) is 4.39 Å². The van der Waals surface area contributed by atoms with Gasteiger partial charge in [0.15, 0.2) is 0 Å². The molecule has 1 amide bonds. The third kappa shape index (κ3) is 3.85. The lowest BCUT2D eigenvalue weighted by Gasteiger charge is -2.18. The zero-order valence-corrected chi connectivity index (χ0v) is 9.61. The highest BCUT2D eigenvalue weighted by Crippen LogP contribution is 2.12. The fraction of sp³-hybridized carbons (Fsp3) is 0.333. The van der Waals surface area contributed by atoms with Crippen LogP contribution in [-0.4, -0.2) is 23.9 Å². The minimum Gasteiger partial charge on any atom is -0.369 e. The van der Waals surface area contributed by atoms with E-state index >= 15 is 0 Å². The maximum atomic E-state index is 13.6. The van der Waals surface area contributed by atoms with Crippen LogP contribution in [0.5, 0.6) is 0 Å². The van der Waals surface area contributed by atoms with Crippen molar-refractivity contribution in [3.8, 4) is 6.07 Å². The number of nitrogens with zero attached hydrogens (tertiary/aromatic N) is 2. The van der Waals surface area contributed by atoms with E-state index in [2.05, 4.69) is 0 Å². The Bertz CT molecular complexity index is 454. The van der Waals surface area contributed by atoms with Crippen molar-refractivity contribution in [2.45, 2.75) is 13.5 Å². The quantitative estimate of drug-likeness (QED) is 0.827. The molecule has 90 valence electrons. The Labute approximate surface area is 99.4 Å². The molecular formula is C12H14FN3O. The van der Waals surface area contributed by atoms with E-state index in [0.29, 0.717) is 18.7 Å². The lowest BCUT2D eigenvalue weighted by atomic mass is 10.1. The van der Waals surface area contributed by atoms with Crippen LogP contribution in [0, 0.1) is 17.1 Å². The Hall–Kier alpha value is -1.93. The molecular weight excluding hydrogens is 221 g/mol. The van der Waals surface area contributed by atoms with Gasteiger partial charge in [-0.15, -0.1) is 0 Å². The van der Waals surface area contributed by atoms with Gasteiger partial charge in [0.05, 0.1) is 18.2 Å². The third-order valence-electron chi connectivity index (χ3n) is 2.40.